The lowest BCUT2D eigenvalue weighted by Gasteiger charge is -2.18. The van der Waals surface area contributed by atoms with Crippen LogP contribution in [0, 0.1) is 0 Å². The van der Waals surface area contributed by atoms with Crippen LogP contribution in [0.25, 0.3) is 0 Å². The summed E-state index contributed by atoms with van der Waals surface area (Å²) in [5, 5.41) is 3.55. The molecule has 0 aromatic heterocycles. The summed E-state index contributed by atoms with van der Waals surface area (Å²) in [4.78, 5) is 24.3. The highest BCUT2D eigenvalue weighted by Crippen LogP contribution is 2.25. The molecule has 0 aliphatic carbocycles. The Kier molecular flexibility index (Phi) is 6.61. The second-order valence-electron chi connectivity index (χ2n) is 4.16. The van der Waals surface area contributed by atoms with Crippen LogP contribution in [0.2, 0.25) is 10.0 Å². The number of benzene rings is 1. The smallest absolute Gasteiger partial charge is 0.321 e. The Morgan fingerprint density at radius 2 is 2.05 bits per heavy atom. The molecule has 2 amide bonds. The fraction of sp³-hybridized carbons (Fsp3) is 0.385. The Hall–Kier alpha value is -1.46. The molecule has 0 unspecified atom stereocenters. The highest BCUT2D eigenvalue weighted by atomic mass is 35.5. The van der Waals surface area contributed by atoms with Crippen LogP contribution in [0.5, 0.6) is 0 Å². The summed E-state index contributed by atoms with van der Waals surface area (Å²) in [5.41, 5.74) is 0.448. The van der Waals surface area contributed by atoms with Crippen LogP contribution in [0.4, 0.5) is 10.5 Å². The molecule has 1 N–H and O–H groups in total. The van der Waals surface area contributed by atoms with E-state index in [4.69, 9.17) is 23.2 Å². The van der Waals surface area contributed by atoms with Crippen LogP contribution in [0.15, 0.2) is 18.2 Å². The van der Waals surface area contributed by atoms with Crippen LogP contribution in [0.3, 0.4) is 0 Å². The Balaban J connectivity index is 2.49. The minimum Gasteiger partial charge on any atom is -0.469 e. The molecule has 0 bridgehead atoms. The van der Waals surface area contributed by atoms with E-state index in [1.54, 1.807) is 25.2 Å². The van der Waals surface area contributed by atoms with E-state index in [-0.39, 0.29) is 18.4 Å². The molecule has 0 aliphatic heterocycles. The lowest BCUT2D eigenvalue weighted by atomic mass is 10.3. The van der Waals surface area contributed by atoms with E-state index in [9.17, 15) is 9.59 Å². The number of nitrogens with zero attached hydrogens (tertiary/aromatic N) is 1. The first-order valence-corrected chi connectivity index (χ1v) is 6.73. The van der Waals surface area contributed by atoms with Gasteiger partial charge in [0.2, 0.25) is 0 Å². The van der Waals surface area contributed by atoms with Gasteiger partial charge < -0.3 is 15.0 Å². The third-order valence-electron chi connectivity index (χ3n) is 2.62. The fourth-order valence-electron chi connectivity index (χ4n) is 1.47. The van der Waals surface area contributed by atoms with E-state index in [0.717, 1.165) is 0 Å². The van der Waals surface area contributed by atoms with Gasteiger partial charge in [-0.05, 0) is 24.6 Å². The van der Waals surface area contributed by atoms with E-state index in [0.29, 0.717) is 28.7 Å². The second kappa shape index (κ2) is 7.97. The van der Waals surface area contributed by atoms with Gasteiger partial charge in [-0.3, -0.25) is 4.79 Å². The highest BCUT2D eigenvalue weighted by molar-refractivity contribution is 6.35. The van der Waals surface area contributed by atoms with Gasteiger partial charge in [0.1, 0.15) is 0 Å². The molecule has 5 nitrogen and oxygen atoms in total. The largest absolute Gasteiger partial charge is 0.469 e. The van der Waals surface area contributed by atoms with Gasteiger partial charge in [-0.25, -0.2) is 4.79 Å². The number of ether oxygens (including phenoxy) is 1. The minimum atomic E-state index is -0.320. The second-order valence-corrected chi connectivity index (χ2v) is 5.00. The average Bonchev–Trinajstić information content (AvgIpc) is 2.42. The fourth-order valence-corrected chi connectivity index (χ4v) is 1.80. The van der Waals surface area contributed by atoms with Gasteiger partial charge in [-0.1, -0.05) is 23.2 Å². The molecule has 7 heteroatoms. The first-order valence-electron chi connectivity index (χ1n) is 5.98. The molecule has 1 rings (SSSR count). The maximum Gasteiger partial charge on any atom is 0.321 e. The summed E-state index contributed by atoms with van der Waals surface area (Å²) in [6.45, 7) is 0.430. The molecule has 0 saturated carbocycles. The number of esters is 1. The third-order valence-corrected chi connectivity index (χ3v) is 3.18. The van der Waals surface area contributed by atoms with Gasteiger partial charge in [0.25, 0.3) is 0 Å². The lowest BCUT2D eigenvalue weighted by molar-refractivity contribution is -0.140. The molecule has 20 heavy (non-hydrogen) atoms. The Morgan fingerprint density at radius 1 is 1.35 bits per heavy atom. The first-order chi connectivity index (χ1) is 9.43. The molecule has 110 valence electrons. The number of anilines is 1. The number of carbonyl (C=O) groups is 2. The van der Waals surface area contributed by atoms with E-state index in [1.165, 1.54) is 12.0 Å². The maximum absolute atomic E-state index is 11.9. The van der Waals surface area contributed by atoms with Crippen LogP contribution in [-0.2, 0) is 9.53 Å². The van der Waals surface area contributed by atoms with Crippen molar-refractivity contribution in [3.05, 3.63) is 28.2 Å². The molecule has 1 aromatic rings. The number of halogens is 2. The van der Waals surface area contributed by atoms with Crippen LogP contribution < -0.4 is 5.32 Å². The number of hydrogen-bond acceptors (Lipinski definition) is 3. The minimum absolute atomic E-state index is 0.270. The zero-order chi connectivity index (χ0) is 15.1. The lowest BCUT2D eigenvalue weighted by Crippen LogP contribution is -2.32. The Bertz CT molecular complexity index is 495. The standard InChI is InChI=1S/C13H16Cl2N2O3/c1-17(7-3-4-12(18)20-2)13(19)16-11-8-9(14)5-6-10(11)15/h5-6,8H,3-4,7H2,1-2H3,(H,16,19). The number of methoxy groups -OCH3 is 1. The molecule has 0 radical (unpaired) electrons. The molecular formula is C13H16Cl2N2O3. The molecule has 0 atom stereocenters. The number of urea groups is 1. The molecule has 0 heterocycles. The van der Waals surface area contributed by atoms with Crippen molar-refractivity contribution in [1.29, 1.82) is 0 Å². The van der Waals surface area contributed by atoms with Crippen molar-refractivity contribution in [2.24, 2.45) is 0 Å². The summed E-state index contributed by atoms with van der Waals surface area (Å²) in [6.07, 6.45) is 0.798. The average molecular weight is 319 g/mol. The number of hydrogen-bond donors (Lipinski definition) is 1. The Labute approximate surface area is 127 Å². The van der Waals surface area contributed by atoms with Gasteiger partial charge in [0, 0.05) is 25.0 Å². The number of nitrogens with one attached hydrogen (secondary N) is 1. The predicted octanol–water partition coefficient (Wildman–Crippen LogP) is 3.41. The van der Waals surface area contributed by atoms with E-state index >= 15 is 0 Å². The van der Waals surface area contributed by atoms with Crippen molar-refractivity contribution in [2.75, 3.05) is 26.0 Å². The maximum atomic E-state index is 11.9. The summed E-state index contributed by atoms with van der Waals surface area (Å²) in [7, 11) is 2.96. The molecular weight excluding hydrogens is 303 g/mol. The van der Waals surface area contributed by atoms with Crippen molar-refractivity contribution in [1.82, 2.24) is 4.90 Å². The summed E-state index contributed by atoms with van der Waals surface area (Å²) < 4.78 is 4.53. The quantitative estimate of drug-likeness (QED) is 0.846. The molecule has 0 saturated heterocycles. The van der Waals surface area contributed by atoms with Crippen molar-refractivity contribution >= 4 is 40.9 Å². The SMILES string of the molecule is COC(=O)CCCN(C)C(=O)Nc1cc(Cl)ccc1Cl. The van der Waals surface area contributed by atoms with E-state index < -0.39 is 0 Å². The molecule has 1 aromatic carbocycles. The molecule has 0 spiro atoms. The topological polar surface area (TPSA) is 58.6 Å². The van der Waals surface area contributed by atoms with Gasteiger partial charge in [0.15, 0.2) is 0 Å². The number of carbonyl (C=O) groups excluding carboxylic acids is 2. The van der Waals surface area contributed by atoms with E-state index in [2.05, 4.69) is 10.1 Å². The molecule has 0 aliphatic rings. The third kappa shape index (κ3) is 5.27. The zero-order valence-electron chi connectivity index (χ0n) is 11.3. The highest BCUT2D eigenvalue weighted by Gasteiger charge is 2.11. The van der Waals surface area contributed by atoms with Crippen molar-refractivity contribution in [3.8, 4) is 0 Å². The predicted molar refractivity (Wildman–Crippen MR) is 79.4 cm³/mol. The van der Waals surface area contributed by atoms with Crippen molar-refractivity contribution in [3.63, 3.8) is 0 Å². The number of amides is 2. The van der Waals surface area contributed by atoms with Gasteiger partial charge >= 0.3 is 12.0 Å². The van der Waals surface area contributed by atoms with Crippen molar-refractivity contribution < 1.29 is 14.3 Å². The van der Waals surface area contributed by atoms with Gasteiger partial charge in [0.05, 0.1) is 17.8 Å². The van der Waals surface area contributed by atoms with Crippen LogP contribution in [-0.4, -0.2) is 37.6 Å². The summed E-state index contributed by atoms with van der Waals surface area (Å²) in [5.74, 6) is -0.295. The molecule has 0 fully saturated rings. The zero-order valence-corrected chi connectivity index (χ0v) is 12.8. The van der Waals surface area contributed by atoms with Gasteiger partial charge in [-0.2, -0.15) is 0 Å². The van der Waals surface area contributed by atoms with E-state index in [1.807, 2.05) is 0 Å². The first kappa shape index (κ1) is 16.6. The summed E-state index contributed by atoms with van der Waals surface area (Å²) in [6, 6.07) is 4.50. The summed E-state index contributed by atoms with van der Waals surface area (Å²) >= 11 is 11.8. The van der Waals surface area contributed by atoms with Crippen molar-refractivity contribution in [2.45, 2.75) is 12.8 Å². The van der Waals surface area contributed by atoms with Gasteiger partial charge in [-0.15, -0.1) is 0 Å². The number of rotatable bonds is 5. The normalized spacial score (nSPS) is 10.0. The monoisotopic (exact) mass is 318 g/mol. The Morgan fingerprint density at radius 3 is 2.70 bits per heavy atom. The van der Waals surface area contributed by atoms with Crippen LogP contribution >= 0.6 is 23.2 Å². The van der Waals surface area contributed by atoms with Crippen LogP contribution in [0.1, 0.15) is 12.8 Å².